The van der Waals surface area contributed by atoms with Gasteiger partial charge in [-0.3, -0.25) is 4.68 Å². The highest BCUT2D eigenvalue weighted by molar-refractivity contribution is 9.09. The van der Waals surface area contributed by atoms with Crippen molar-refractivity contribution in [2.24, 2.45) is 5.92 Å². The molecule has 0 spiro atoms. The highest BCUT2D eigenvalue weighted by atomic mass is 79.9. The van der Waals surface area contributed by atoms with Crippen LogP contribution >= 0.6 is 27.5 Å². The molecular weight excluding hydrogens is 288 g/mol. The second-order valence-electron chi connectivity index (χ2n) is 4.64. The topological polar surface area (TPSA) is 17.8 Å². The molecule has 0 bridgehead atoms. The Labute approximate surface area is 110 Å². The number of aryl methyl sites for hydroxylation is 2. The molecule has 0 saturated heterocycles. The van der Waals surface area contributed by atoms with Gasteiger partial charge in [0.25, 0.3) is 0 Å². The lowest BCUT2D eigenvalue weighted by Gasteiger charge is -2.11. The van der Waals surface area contributed by atoms with Crippen LogP contribution in [0.15, 0.2) is 0 Å². The summed E-state index contributed by atoms with van der Waals surface area (Å²) in [5.74, 6) is 0.767. The van der Waals surface area contributed by atoms with Gasteiger partial charge < -0.3 is 0 Å². The second kappa shape index (κ2) is 5.09. The summed E-state index contributed by atoms with van der Waals surface area (Å²) in [6.45, 7) is 5.02. The van der Waals surface area contributed by atoms with Crippen LogP contribution in [0.1, 0.15) is 37.6 Å². The number of hydrogen-bond acceptors (Lipinski definition) is 1. The summed E-state index contributed by atoms with van der Waals surface area (Å²) in [6.07, 6.45) is 4.95. The summed E-state index contributed by atoms with van der Waals surface area (Å²) in [7, 11) is 0. The Morgan fingerprint density at radius 2 is 2.25 bits per heavy atom. The van der Waals surface area contributed by atoms with E-state index >= 15 is 0 Å². The lowest BCUT2D eigenvalue weighted by molar-refractivity contribution is 0.508. The van der Waals surface area contributed by atoms with E-state index in [0.717, 1.165) is 29.6 Å². The Balaban J connectivity index is 2.14. The summed E-state index contributed by atoms with van der Waals surface area (Å²) < 4.78 is 2.05. The first kappa shape index (κ1) is 12.4. The lowest BCUT2D eigenvalue weighted by Crippen LogP contribution is -2.08. The van der Waals surface area contributed by atoms with Crippen LogP contribution in [0.4, 0.5) is 0 Å². The molecule has 0 aliphatic heterocycles. The largest absolute Gasteiger partial charge is 0.268 e. The van der Waals surface area contributed by atoms with E-state index < -0.39 is 0 Å². The molecular formula is C12H18BrClN2. The highest BCUT2D eigenvalue weighted by Gasteiger charge is 2.25. The van der Waals surface area contributed by atoms with E-state index in [9.17, 15) is 0 Å². The van der Waals surface area contributed by atoms with Crippen LogP contribution in [0.25, 0.3) is 0 Å². The van der Waals surface area contributed by atoms with Gasteiger partial charge in [0.1, 0.15) is 0 Å². The van der Waals surface area contributed by atoms with Crippen molar-refractivity contribution in [3.05, 3.63) is 16.4 Å². The molecule has 16 heavy (non-hydrogen) atoms. The van der Waals surface area contributed by atoms with Crippen molar-refractivity contribution in [1.82, 2.24) is 9.78 Å². The van der Waals surface area contributed by atoms with Crippen LogP contribution in [0.5, 0.6) is 0 Å². The lowest BCUT2D eigenvalue weighted by atomic mass is 10.0. The van der Waals surface area contributed by atoms with Gasteiger partial charge in [0.15, 0.2) is 0 Å². The number of alkyl halides is 1. The molecule has 1 saturated carbocycles. The van der Waals surface area contributed by atoms with Gasteiger partial charge in [-0.25, -0.2) is 0 Å². The van der Waals surface area contributed by atoms with Gasteiger partial charge >= 0.3 is 0 Å². The summed E-state index contributed by atoms with van der Waals surface area (Å²) in [4.78, 5) is 0.704. The Hall–Kier alpha value is -0.0200. The fourth-order valence-corrected chi connectivity index (χ4v) is 3.54. The Morgan fingerprint density at radius 3 is 2.81 bits per heavy atom. The smallest absolute Gasteiger partial charge is 0.0847 e. The first-order chi connectivity index (χ1) is 7.61. The van der Waals surface area contributed by atoms with E-state index in [4.69, 9.17) is 11.6 Å². The van der Waals surface area contributed by atoms with Crippen molar-refractivity contribution in [2.45, 2.75) is 50.9 Å². The molecule has 4 heteroatoms. The fourth-order valence-electron chi connectivity index (χ4n) is 2.54. The summed E-state index contributed by atoms with van der Waals surface area (Å²) in [6, 6.07) is 0. The average Bonchev–Trinajstić information content (AvgIpc) is 2.77. The highest BCUT2D eigenvalue weighted by Crippen LogP contribution is 2.34. The monoisotopic (exact) mass is 304 g/mol. The van der Waals surface area contributed by atoms with Crippen LogP contribution in [0.2, 0.25) is 5.02 Å². The minimum Gasteiger partial charge on any atom is -0.268 e. The second-order valence-corrected chi connectivity index (χ2v) is 6.32. The van der Waals surface area contributed by atoms with Gasteiger partial charge in [-0.2, -0.15) is 5.10 Å². The van der Waals surface area contributed by atoms with Crippen molar-refractivity contribution in [3.8, 4) is 0 Å². The van der Waals surface area contributed by atoms with Crippen LogP contribution in [-0.2, 0) is 13.0 Å². The van der Waals surface area contributed by atoms with E-state index in [-0.39, 0.29) is 0 Å². The third-order valence-electron chi connectivity index (χ3n) is 3.41. The van der Waals surface area contributed by atoms with E-state index in [1.165, 1.54) is 25.0 Å². The average molecular weight is 306 g/mol. The SMILES string of the molecule is CCn1nc(C)c(Cl)c1CC1CCC(Br)C1. The molecule has 1 aliphatic carbocycles. The zero-order valence-electron chi connectivity index (χ0n) is 9.84. The predicted octanol–water partition coefficient (Wildman–Crippen LogP) is 3.97. The van der Waals surface area contributed by atoms with E-state index in [2.05, 4.69) is 32.6 Å². The van der Waals surface area contributed by atoms with Crippen molar-refractivity contribution < 1.29 is 0 Å². The zero-order chi connectivity index (χ0) is 11.7. The summed E-state index contributed by atoms with van der Waals surface area (Å²) in [5.41, 5.74) is 2.19. The maximum Gasteiger partial charge on any atom is 0.0847 e. The van der Waals surface area contributed by atoms with Gasteiger partial charge in [0.2, 0.25) is 0 Å². The molecule has 0 aromatic carbocycles. The number of aromatic nitrogens is 2. The molecule has 90 valence electrons. The third kappa shape index (κ3) is 2.45. The van der Waals surface area contributed by atoms with E-state index in [1.807, 2.05) is 6.92 Å². The molecule has 1 aromatic rings. The zero-order valence-corrected chi connectivity index (χ0v) is 12.2. The van der Waals surface area contributed by atoms with Gasteiger partial charge in [0, 0.05) is 11.4 Å². The molecule has 2 unspecified atom stereocenters. The summed E-state index contributed by atoms with van der Waals surface area (Å²) in [5, 5.41) is 5.34. The molecule has 2 atom stereocenters. The minimum absolute atomic E-state index is 0.704. The van der Waals surface area contributed by atoms with Gasteiger partial charge in [-0.1, -0.05) is 27.5 Å². The van der Waals surface area contributed by atoms with E-state index in [1.54, 1.807) is 0 Å². The molecule has 2 rings (SSSR count). The number of rotatable bonds is 3. The van der Waals surface area contributed by atoms with Gasteiger partial charge in [-0.05, 0) is 45.4 Å². The minimum atomic E-state index is 0.704. The molecule has 1 fully saturated rings. The molecule has 0 radical (unpaired) electrons. The normalized spacial score (nSPS) is 25.2. The Bertz CT molecular complexity index is 375. The number of halogens is 2. The van der Waals surface area contributed by atoms with Crippen LogP contribution in [0, 0.1) is 12.8 Å². The Kier molecular flexibility index (Phi) is 3.96. The van der Waals surface area contributed by atoms with Crippen molar-refractivity contribution in [2.75, 3.05) is 0 Å². The predicted molar refractivity (Wildman–Crippen MR) is 71.4 cm³/mol. The van der Waals surface area contributed by atoms with Crippen molar-refractivity contribution in [3.63, 3.8) is 0 Å². The molecule has 1 aliphatic rings. The van der Waals surface area contributed by atoms with Crippen LogP contribution in [-0.4, -0.2) is 14.6 Å². The quantitative estimate of drug-likeness (QED) is 0.773. The molecule has 0 amide bonds. The van der Waals surface area contributed by atoms with Crippen molar-refractivity contribution in [1.29, 1.82) is 0 Å². The summed E-state index contributed by atoms with van der Waals surface area (Å²) >= 11 is 10.0. The van der Waals surface area contributed by atoms with Gasteiger partial charge in [-0.15, -0.1) is 0 Å². The fraction of sp³-hybridized carbons (Fsp3) is 0.750. The molecule has 2 nitrogen and oxygen atoms in total. The standard InChI is InChI=1S/C12H18BrClN2/c1-3-16-11(12(14)8(2)15-16)7-9-4-5-10(13)6-9/h9-10H,3-7H2,1-2H3. The van der Waals surface area contributed by atoms with Crippen molar-refractivity contribution >= 4 is 27.5 Å². The first-order valence-corrected chi connectivity index (χ1v) is 7.27. The maximum absolute atomic E-state index is 6.31. The molecule has 1 aromatic heterocycles. The Morgan fingerprint density at radius 1 is 1.50 bits per heavy atom. The first-order valence-electron chi connectivity index (χ1n) is 5.97. The number of nitrogens with zero attached hydrogens (tertiary/aromatic N) is 2. The van der Waals surface area contributed by atoms with Crippen LogP contribution in [0.3, 0.4) is 0 Å². The maximum atomic E-state index is 6.31. The third-order valence-corrected chi connectivity index (χ3v) is 4.74. The molecule has 0 N–H and O–H groups in total. The van der Waals surface area contributed by atoms with Crippen LogP contribution < -0.4 is 0 Å². The van der Waals surface area contributed by atoms with Gasteiger partial charge in [0.05, 0.1) is 16.4 Å². The number of hydrogen-bond donors (Lipinski definition) is 0. The molecule has 1 heterocycles. The van der Waals surface area contributed by atoms with E-state index in [0.29, 0.717) is 4.83 Å².